The number of nitriles is 1. The van der Waals surface area contributed by atoms with Crippen molar-refractivity contribution in [1.29, 1.82) is 5.26 Å². The Kier molecular flexibility index (Phi) is 4.94. The normalized spacial score (nSPS) is 10.4. The molecule has 0 saturated heterocycles. The average Bonchev–Trinajstić information content (AvgIpc) is 2.96. The SMILES string of the molecule is CN(C)c1ccc(-n2cccc2C=NNC(=O)CC#N)cc1. The van der Waals surface area contributed by atoms with Crippen molar-refractivity contribution >= 4 is 17.8 Å². The molecule has 0 saturated carbocycles. The summed E-state index contributed by atoms with van der Waals surface area (Å²) in [7, 11) is 3.99. The number of nitrogens with one attached hydrogen (secondary N) is 1. The van der Waals surface area contributed by atoms with Crippen molar-refractivity contribution in [3.05, 3.63) is 48.3 Å². The summed E-state index contributed by atoms with van der Waals surface area (Å²) < 4.78 is 1.96. The van der Waals surface area contributed by atoms with Gasteiger partial charge in [0, 0.05) is 31.7 Å². The first kappa shape index (κ1) is 15.3. The van der Waals surface area contributed by atoms with E-state index in [1.807, 2.05) is 66.2 Å². The predicted molar refractivity (Wildman–Crippen MR) is 86.1 cm³/mol. The van der Waals surface area contributed by atoms with E-state index < -0.39 is 5.91 Å². The summed E-state index contributed by atoms with van der Waals surface area (Å²) in [4.78, 5) is 13.2. The van der Waals surface area contributed by atoms with E-state index >= 15 is 0 Å². The molecular formula is C16H17N5O. The highest BCUT2D eigenvalue weighted by molar-refractivity contribution is 5.82. The smallest absolute Gasteiger partial charge is 0.254 e. The standard InChI is InChI=1S/C16H17N5O/c1-20(2)13-5-7-14(8-6-13)21-11-3-4-15(21)12-18-19-16(22)9-10-17/h3-8,11-12H,9H2,1-2H3,(H,19,22). The fraction of sp³-hybridized carbons (Fsp3) is 0.188. The van der Waals surface area contributed by atoms with E-state index in [1.54, 1.807) is 12.3 Å². The number of benzene rings is 1. The minimum Gasteiger partial charge on any atom is -0.378 e. The van der Waals surface area contributed by atoms with Crippen LogP contribution in [-0.2, 0) is 4.79 Å². The number of hydrazone groups is 1. The van der Waals surface area contributed by atoms with Crippen LogP contribution in [0.4, 0.5) is 5.69 Å². The van der Waals surface area contributed by atoms with Gasteiger partial charge in [-0.3, -0.25) is 4.79 Å². The Balaban J connectivity index is 2.14. The first-order valence-corrected chi connectivity index (χ1v) is 6.76. The van der Waals surface area contributed by atoms with E-state index in [2.05, 4.69) is 10.5 Å². The zero-order valence-electron chi connectivity index (χ0n) is 12.5. The van der Waals surface area contributed by atoms with E-state index in [9.17, 15) is 4.79 Å². The van der Waals surface area contributed by atoms with Gasteiger partial charge in [-0.05, 0) is 36.4 Å². The van der Waals surface area contributed by atoms with Gasteiger partial charge in [0.15, 0.2) is 0 Å². The first-order valence-electron chi connectivity index (χ1n) is 6.76. The van der Waals surface area contributed by atoms with E-state index in [1.165, 1.54) is 0 Å². The molecular weight excluding hydrogens is 278 g/mol. The van der Waals surface area contributed by atoms with E-state index in [4.69, 9.17) is 5.26 Å². The number of hydrogen-bond donors (Lipinski definition) is 1. The van der Waals surface area contributed by atoms with Crippen molar-refractivity contribution < 1.29 is 4.79 Å². The van der Waals surface area contributed by atoms with Crippen molar-refractivity contribution in [2.24, 2.45) is 5.10 Å². The molecule has 0 aliphatic carbocycles. The van der Waals surface area contributed by atoms with Gasteiger partial charge in [0.2, 0.25) is 0 Å². The van der Waals surface area contributed by atoms with Crippen LogP contribution in [0, 0.1) is 11.3 Å². The Labute approximate surface area is 129 Å². The molecule has 1 N–H and O–H groups in total. The number of rotatable bonds is 5. The van der Waals surface area contributed by atoms with Gasteiger partial charge in [0.1, 0.15) is 6.42 Å². The lowest BCUT2D eigenvalue weighted by Gasteiger charge is -2.13. The lowest BCUT2D eigenvalue weighted by Crippen LogP contribution is -2.16. The minimum atomic E-state index is -0.424. The molecule has 6 nitrogen and oxygen atoms in total. The molecule has 1 aromatic heterocycles. The maximum Gasteiger partial charge on any atom is 0.254 e. The molecule has 0 fully saturated rings. The summed E-state index contributed by atoms with van der Waals surface area (Å²) >= 11 is 0. The summed E-state index contributed by atoms with van der Waals surface area (Å²) in [5, 5.41) is 12.3. The van der Waals surface area contributed by atoms with E-state index in [-0.39, 0.29) is 6.42 Å². The van der Waals surface area contributed by atoms with Crippen LogP contribution in [0.1, 0.15) is 12.1 Å². The molecule has 0 spiro atoms. The zero-order valence-corrected chi connectivity index (χ0v) is 12.5. The fourth-order valence-electron chi connectivity index (χ4n) is 1.93. The van der Waals surface area contributed by atoms with Crippen LogP contribution in [-0.4, -0.2) is 30.8 Å². The number of hydrogen-bond acceptors (Lipinski definition) is 4. The van der Waals surface area contributed by atoms with Gasteiger partial charge in [-0.25, -0.2) is 5.43 Å². The van der Waals surface area contributed by atoms with E-state index in [0.717, 1.165) is 17.1 Å². The summed E-state index contributed by atoms with van der Waals surface area (Å²) in [6.45, 7) is 0. The number of aromatic nitrogens is 1. The van der Waals surface area contributed by atoms with Crippen LogP contribution in [0.3, 0.4) is 0 Å². The predicted octanol–water partition coefficient (Wildman–Crippen LogP) is 1.91. The fourth-order valence-corrected chi connectivity index (χ4v) is 1.93. The van der Waals surface area contributed by atoms with Crippen molar-refractivity contribution in [2.75, 3.05) is 19.0 Å². The van der Waals surface area contributed by atoms with Crippen LogP contribution in [0.15, 0.2) is 47.7 Å². The van der Waals surface area contributed by atoms with Crippen molar-refractivity contribution in [3.63, 3.8) is 0 Å². The molecule has 2 aromatic rings. The molecule has 2 rings (SSSR count). The molecule has 1 heterocycles. The van der Waals surface area contributed by atoms with Crippen LogP contribution in [0.2, 0.25) is 0 Å². The van der Waals surface area contributed by atoms with Crippen molar-refractivity contribution in [2.45, 2.75) is 6.42 Å². The highest BCUT2D eigenvalue weighted by atomic mass is 16.2. The van der Waals surface area contributed by atoms with Gasteiger partial charge in [0.25, 0.3) is 5.91 Å². The topological polar surface area (TPSA) is 73.4 Å². The Morgan fingerprint density at radius 3 is 2.73 bits per heavy atom. The largest absolute Gasteiger partial charge is 0.378 e. The Morgan fingerprint density at radius 2 is 2.09 bits per heavy atom. The lowest BCUT2D eigenvalue weighted by atomic mass is 10.2. The van der Waals surface area contributed by atoms with Crippen LogP contribution in [0.5, 0.6) is 0 Å². The Morgan fingerprint density at radius 1 is 1.36 bits per heavy atom. The van der Waals surface area contributed by atoms with E-state index in [0.29, 0.717) is 0 Å². The van der Waals surface area contributed by atoms with Crippen LogP contribution in [0.25, 0.3) is 5.69 Å². The second-order valence-electron chi connectivity index (χ2n) is 4.84. The van der Waals surface area contributed by atoms with Crippen molar-refractivity contribution in [3.8, 4) is 11.8 Å². The third kappa shape index (κ3) is 3.73. The molecule has 1 aromatic carbocycles. The van der Waals surface area contributed by atoms with Crippen LogP contribution < -0.4 is 10.3 Å². The summed E-state index contributed by atoms with van der Waals surface area (Å²) in [5.74, 6) is -0.424. The monoisotopic (exact) mass is 295 g/mol. The summed E-state index contributed by atoms with van der Waals surface area (Å²) in [6, 6.07) is 13.7. The van der Waals surface area contributed by atoms with Crippen molar-refractivity contribution in [1.82, 2.24) is 9.99 Å². The van der Waals surface area contributed by atoms with Gasteiger partial charge < -0.3 is 9.47 Å². The molecule has 0 unspecified atom stereocenters. The quantitative estimate of drug-likeness (QED) is 0.676. The molecule has 0 radical (unpaired) electrons. The maximum atomic E-state index is 11.2. The minimum absolute atomic E-state index is 0.204. The molecule has 22 heavy (non-hydrogen) atoms. The van der Waals surface area contributed by atoms with Gasteiger partial charge in [-0.1, -0.05) is 0 Å². The third-order valence-electron chi connectivity index (χ3n) is 3.05. The maximum absolute atomic E-state index is 11.2. The molecule has 1 amide bonds. The third-order valence-corrected chi connectivity index (χ3v) is 3.05. The highest BCUT2D eigenvalue weighted by Crippen LogP contribution is 2.17. The second kappa shape index (κ2) is 7.09. The van der Waals surface area contributed by atoms with Gasteiger partial charge in [-0.15, -0.1) is 0 Å². The first-order chi connectivity index (χ1) is 10.6. The summed E-state index contributed by atoms with van der Waals surface area (Å²) in [5.41, 5.74) is 5.26. The molecule has 112 valence electrons. The lowest BCUT2D eigenvalue weighted by molar-refractivity contribution is -0.120. The summed E-state index contributed by atoms with van der Waals surface area (Å²) in [6.07, 6.45) is 3.27. The highest BCUT2D eigenvalue weighted by Gasteiger charge is 2.03. The van der Waals surface area contributed by atoms with Crippen LogP contribution >= 0.6 is 0 Å². The molecule has 0 bridgehead atoms. The van der Waals surface area contributed by atoms with Gasteiger partial charge in [0.05, 0.1) is 18.0 Å². The van der Waals surface area contributed by atoms with Gasteiger partial charge in [-0.2, -0.15) is 10.4 Å². The molecule has 0 aliphatic rings. The Bertz CT molecular complexity index is 707. The zero-order chi connectivity index (χ0) is 15.9. The number of amides is 1. The number of carbonyl (C=O) groups excluding carboxylic acids is 1. The number of anilines is 1. The second-order valence-corrected chi connectivity index (χ2v) is 4.84. The Hall–Kier alpha value is -3.07. The van der Waals surface area contributed by atoms with Gasteiger partial charge >= 0.3 is 0 Å². The average molecular weight is 295 g/mol. The molecule has 6 heteroatoms. The number of carbonyl (C=O) groups is 1. The molecule has 0 aliphatic heterocycles. The molecule has 0 atom stereocenters. The number of nitrogens with zero attached hydrogens (tertiary/aromatic N) is 4.